The van der Waals surface area contributed by atoms with Crippen LogP contribution in [0.25, 0.3) is 0 Å². The molecule has 1 unspecified atom stereocenters. The third kappa shape index (κ3) is 3.94. The maximum atomic E-state index is 12.1. The number of nitrogen functional groups attached to an aromatic ring is 1. The lowest BCUT2D eigenvalue weighted by Gasteiger charge is -2.16. The summed E-state index contributed by atoms with van der Waals surface area (Å²) in [4.78, 5) is 3.86. The van der Waals surface area contributed by atoms with Crippen molar-refractivity contribution in [3.63, 3.8) is 0 Å². The fourth-order valence-electron chi connectivity index (χ4n) is 1.79. The highest BCUT2D eigenvalue weighted by Crippen LogP contribution is 2.17. The maximum Gasteiger partial charge on any atom is 0.260 e. The summed E-state index contributed by atoms with van der Waals surface area (Å²) in [6.45, 7) is 5.91. The number of anilines is 1. The summed E-state index contributed by atoms with van der Waals surface area (Å²) in [6.07, 6.45) is 2.18. The molecule has 0 aliphatic rings. The molecule has 1 heterocycles. The van der Waals surface area contributed by atoms with E-state index in [4.69, 9.17) is 5.84 Å². The van der Waals surface area contributed by atoms with Gasteiger partial charge in [0, 0.05) is 12.2 Å². The van der Waals surface area contributed by atoms with Gasteiger partial charge >= 0.3 is 0 Å². The number of nitrogens with zero attached hydrogens (tertiary/aromatic N) is 1. The van der Waals surface area contributed by atoms with Crippen LogP contribution in [0.2, 0.25) is 0 Å². The Morgan fingerprint density at radius 1 is 1.39 bits per heavy atom. The Morgan fingerprint density at radius 2 is 2.06 bits per heavy atom. The van der Waals surface area contributed by atoms with Crippen LogP contribution >= 0.6 is 0 Å². The third-order valence-corrected chi connectivity index (χ3v) is 3.91. The van der Waals surface area contributed by atoms with E-state index in [1.807, 2.05) is 20.8 Å². The molecular weight excluding hydrogens is 252 g/mol. The summed E-state index contributed by atoms with van der Waals surface area (Å²) in [5.41, 5.74) is 2.61. The summed E-state index contributed by atoms with van der Waals surface area (Å²) < 4.78 is 26.9. The fourth-order valence-corrected chi connectivity index (χ4v) is 3.14. The van der Waals surface area contributed by atoms with Crippen molar-refractivity contribution in [3.8, 4) is 0 Å². The van der Waals surface area contributed by atoms with Gasteiger partial charge in [-0.2, -0.15) is 0 Å². The molecule has 1 aromatic rings. The molecule has 1 atom stereocenters. The number of rotatable bonds is 6. The lowest BCUT2D eigenvalue weighted by molar-refractivity contribution is 0.481. The molecule has 0 aliphatic heterocycles. The minimum absolute atomic E-state index is 0.0805. The molecule has 7 heteroatoms. The molecule has 0 saturated carbocycles. The molecule has 0 aromatic carbocycles. The van der Waals surface area contributed by atoms with Gasteiger partial charge in [-0.15, -0.1) is 0 Å². The molecule has 0 fully saturated rings. The van der Waals surface area contributed by atoms with Gasteiger partial charge in [0.2, 0.25) is 0 Å². The number of aromatic nitrogens is 1. The topological polar surface area (TPSA) is 97.1 Å². The summed E-state index contributed by atoms with van der Waals surface area (Å²) in [5.74, 6) is 5.69. The van der Waals surface area contributed by atoms with Crippen molar-refractivity contribution in [2.24, 2.45) is 11.8 Å². The zero-order valence-electron chi connectivity index (χ0n) is 10.8. The number of hydrazine groups is 1. The van der Waals surface area contributed by atoms with E-state index in [2.05, 4.69) is 15.1 Å². The molecule has 18 heavy (non-hydrogen) atoms. The summed E-state index contributed by atoms with van der Waals surface area (Å²) >= 11 is 0. The molecule has 102 valence electrons. The Bertz CT molecular complexity index is 488. The van der Waals surface area contributed by atoms with E-state index in [0.717, 1.165) is 6.42 Å². The number of pyridine rings is 1. The summed E-state index contributed by atoms with van der Waals surface area (Å²) in [5, 5.41) is -0.0805. The van der Waals surface area contributed by atoms with Crippen molar-refractivity contribution in [2.45, 2.75) is 38.3 Å². The van der Waals surface area contributed by atoms with E-state index in [1.165, 1.54) is 6.20 Å². The van der Waals surface area contributed by atoms with Crippen molar-refractivity contribution in [3.05, 3.63) is 18.3 Å². The average Bonchev–Trinajstić information content (AvgIpc) is 2.27. The molecule has 0 saturated heterocycles. The monoisotopic (exact) mass is 272 g/mol. The normalized spacial score (nSPS) is 13.6. The average molecular weight is 272 g/mol. The Labute approximate surface area is 108 Å². The molecule has 0 spiro atoms. The predicted octanol–water partition coefficient (Wildman–Crippen LogP) is 1.08. The maximum absolute atomic E-state index is 12.1. The number of hydrogen-bond acceptors (Lipinski definition) is 5. The van der Waals surface area contributed by atoms with E-state index in [1.54, 1.807) is 12.1 Å². The smallest absolute Gasteiger partial charge is 0.260 e. The zero-order valence-corrected chi connectivity index (χ0v) is 11.7. The SMILES string of the molecule is CC(C)CC(C)NS(=O)(=O)c1ncccc1NN. The Morgan fingerprint density at radius 3 is 2.61 bits per heavy atom. The third-order valence-electron chi connectivity index (χ3n) is 2.36. The Balaban J connectivity index is 2.93. The van der Waals surface area contributed by atoms with Crippen molar-refractivity contribution in [2.75, 3.05) is 5.43 Å². The molecular formula is C11H20N4O2S. The van der Waals surface area contributed by atoms with Crippen LogP contribution < -0.4 is 16.0 Å². The molecule has 1 rings (SSSR count). The first-order valence-electron chi connectivity index (χ1n) is 5.80. The minimum atomic E-state index is -3.65. The molecule has 0 aliphatic carbocycles. The van der Waals surface area contributed by atoms with Gasteiger partial charge in [-0.25, -0.2) is 18.1 Å². The minimum Gasteiger partial charge on any atom is -0.321 e. The van der Waals surface area contributed by atoms with Gasteiger partial charge in [-0.1, -0.05) is 13.8 Å². The molecule has 0 bridgehead atoms. The molecule has 6 nitrogen and oxygen atoms in total. The summed E-state index contributed by atoms with van der Waals surface area (Å²) in [7, 11) is -3.65. The molecule has 4 N–H and O–H groups in total. The highest BCUT2D eigenvalue weighted by atomic mass is 32.2. The first-order chi connectivity index (χ1) is 8.36. The Hall–Kier alpha value is -1.18. The highest BCUT2D eigenvalue weighted by molar-refractivity contribution is 7.89. The second kappa shape index (κ2) is 6.12. The van der Waals surface area contributed by atoms with Crippen molar-refractivity contribution >= 4 is 15.7 Å². The second-order valence-electron chi connectivity index (χ2n) is 4.65. The van der Waals surface area contributed by atoms with E-state index in [0.29, 0.717) is 5.92 Å². The van der Waals surface area contributed by atoms with Gasteiger partial charge in [0.1, 0.15) is 0 Å². The highest BCUT2D eigenvalue weighted by Gasteiger charge is 2.22. The lowest BCUT2D eigenvalue weighted by Crippen LogP contribution is -2.34. The van der Waals surface area contributed by atoms with Crippen molar-refractivity contribution < 1.29 is 8.42 Å². The quantitative estimate of drug-likeness (QED) is 0.532. The van der Waals surface area contributed by atoms with Gasteiger partial charge in [-0.05, 0) is 31.4 Å². The first-order valence-corrected chi connectivity index (χ1v) is 7.29. The fraction of sp³-hybridized carbons (Fsp3) is 0.545. The number of hydrogen-bond donors (Lipinski definition) is 3. The number of sulfonamides is 1. The van der Waals surface area contributed by atoms with Crippen LogP contribution in [0.4, 0.5) is 5.69 Å². The Kier molecular flexibility index (Phi) is 5.06. The standard InChI is InChI=1S/C11H20N4O2S/c1-8(2)7-9(3)15-18(16,17)11-10(14-12)5-4-6-13-11/h4-6,8-9,14-15H,7,12H2,1-3H3. The molecule has 0 radical (unpaired) electrons. The predicted molar refractivity (Wildman–Crippen MR) is 71.3 cm³/mol. The van der Waals surface area contributed by atoms with Crippen LogP contribution in [-0.2, 0) is 10.0 Å². The second-order valence-corrected chi connectivity index (χ2v) is 6.28. The van der Waals surface area contributed by atoms with Gasteiger partial charge in [0.25, 0.3) is 10.0 Å². The van der Waals surface area contributed by atoms with Gasteiger partial charge in [-0.3, -0.25) is 5.84 Å². The molecule has 1 aromatic heterocycles. The summed E-state index contributed by atoms with van der Waals surface area (Å²) in [6, 6.07) is 3.03. The number of nitrogens with one attached hydrogen (secondary N) is 2. The van der Waals surface area contributed by atoms with Gasteiger partial charge in [0.05, 0.1) is 5.69 Å². The lowest BCUT2D eigenvalue weighted by atomic mass is 10.1. The first kappa shape index (κ1) is 14.9. The van der Waals surface area contributed by atoms with E-state index in [9.17, 15) is 8.42 Å². The van der Waals surface area contributed by atoms with Gasteiger partial charge in [0.15, 0.2) is 5.03 Å². The van der Waals surface area contributed by atoms with E-state index >= 15 is 0 Å². The van der Waals surface area contributed by atoms with E-state index in [-0.39, 0.29) is 16.8 Å². The molecule has 0 amide bonds. The van der Waals surface area contributed by atoms with Crippen LogP contribution in [0, 0.1) is 5.92 Å². The van der Waals surface area contributed by atoms with Crippen LogP contribution in [0.5, 0.6) is 0 Å². The number of nitrogens with two attached hydrogens (primary N) is 1. The van der Waals surface area contributed by atoms with Crippen molar-refractivity contribution in [1.82, 2.24) is 9.71 Å². The van der Waals surface area contributed by atoms with Crippen LogP contribution in [0.3, 0.4) is 0 Å². The van der Waals surface area contributed by atoms with Crippen LogP contribution in [0.15, 0.2) is 23.4 Å². The largest absolute Gasteiger partial charge is 0.321 e. The van der Waals surface area contributed by atoms with Crippen molar-refractivity contribution in [1.29, 1.82) is 0 Å². The van der Waals surface area contributed by atoms with E-state index < -0.39 is 10.0 Å². The zero-order chi connectivity index (χ0) is 13.8. The van der Waals surface area contributed by atoms with Crippen LogP contribution in [0.1, 0.15) is 27.2 Å². The van der Waals surface area contributed by atoms with Gasteiger partial charge < -0.3 is 5.43 Å². The van der Waals surface area contributed by atoms with Crippen LogP contribution in [-0.4, -0.2) is 19.4 Å².